The molecule has 2 aliphatic rings. The average molecular weight is 484 g/mol. The van der Waals surface area contributed by atoms with Gasteiger partial charge in [0.05, 0.1) is 26.2 Å². The fourth-order valence-electron chi connectivity index (χ4n) is 4.15. The molecule has 2 aliphatic heterocycles. The first-order valence-electron chi connectivity index (χ1n) is 12.0. The maximum Gasteiger partial charge on any atom is 0.226 e. The lowest BCUT2D eigenvalue weighted by atomic mass is 9.94. The fraction of sp³-hybridized carbons (Fsp3) is 0.407. The van der Waals surface area contributed by atoms with Crippen LogP contribution in [0.25, 0.3) is 0 Å². The van der Waals surface area contributed by atoms with Crippen molar-refractivity contribution in [2.45, 2.75) is 31.7 Å². The Hall–Kier alpha value is -3.10. The van der Waals surface area contributed by atoms with Gasteiger partial charge in [0.25, 0.3) is 0 Å². The number of amides is 1. The summed E-state index contributed by atoms with van der Waals surface area (Å²) in [6.07, 6.45) is 5.42. The second kappa shape index (κ2) is 12.6. The fourth-order valence-corrected chi connectivity index (χ4v) is 4.15. The minimum Gasteiger partial charge on any atom is -0.493 e. The Balaban J connectivity index is 1.19. The molecule has 4 rings (SSSR count). The van der Waals surface area contributed by atoms with Crippen molar-refractivity contribution in [2.75, 3.05) is 39.5 Å². The molecule has 1 fully saturated rings. The van der Waals surface area contributed by atoms with Crippen LogP contribution in [0.15, 0.2) is 59.2 Å². The zero-order valence-corrected chi connectivity index (χ0v) is 19.7. The van der Waals surface area contributed by atoms with Crippen LogP contribution in [0.1, 0.15) is 36.3 Å². The van der Waals surface area contributed by atoms with Crippen LogP contribution in [0.2, 0.25) is 0 Å². The lowest BCUT2D eigenvalue weighted by molar-refractivity contribution is -0.120. The van der Waals surface area contributed by atoms with Gasteiger partial charge in [0.15, 0.2) is 0 Å². The molecule has 1 amide bonds. The number of rotatable bonds is 10. The number of halogens is 2. The maximum atomic E-state index is 14.1. The van der Waals surface area contributed by atoms with Gasteiger partial charge in [-0.15, -0.1) is 0 Å². The highest BCUT2D eigenvalue weighted by atomic mass is 19.1. The molecule has 1 saturated heterocycles. The second-order valence-electron chi connectivity index (χ2n) is 8.77. The van der Waals surface area contributed by atoms with E-state index in [-0.39, 0.29) is 30.6 Å². The van der Waals surface area contributed by atoms with Gasteiger partial charge in [-0.05, 0) is 48.2 Å². The molecular weight excluding hydrogens is 452 g/mol. The molecule has 0 aromatic heterocycles. The van der Waals surface area contributed by atoms with E-state index in [1.165, 1.54) is 24.3 Å². The molecule has 0 aliphatic carbocycles. The molecule has 186 valence electrons. The number of carbonyl (C=O) groups excluding carboxylic acids is 1. The van der Waals surface area contributed by atoms with E-state index in [1.54, 1.807) is 24.4 Å². The molecule has 2 aromatic rings. The van der Waals surface area contributed by atoms with Crippen LogP contribution in [-0.4, -0.2) is 56.5 Å². The smallest absolute Gasteiger partial charge is 0.226 e. The van der Waals surface area contributed by atoms with Gasteiger partial charge in [0.1, 0.15) is 17.4 Å². The van der Waals surface area contributed by atoms with E-state index in [9.17, 15) is 13.6 Å². The van der Waals surface area contributed by atoms with Gasteiger partial charge in [0, 0.05) is 50.1 Å². The number of aliphatic imine (C=N–C) groups is 1. The van der Waals surface area contributed by atoms with Crippen LogP contribution in [0, 0.1) is 11.6 Å². The van der Waals surface area contributed by atoms with Crippen LogP contribution in [-0.2, 0) is 16.1 Å². The highest BCUT2D eigenvalue weighted by Crippen LogP contribution is 2.24. The molecule has 35 heavy (non-hydrogen) atoms. The minimum atomic E-state index is -0.397. The van der Waals surface area contributed by atoms with Crippen LogP contribution < -0.4 is 10.1 Å². The molecular formula is C27H31F2N3O3. The Morgan fingerprint density at radius 3 is 2.66 bits per heavy atom. The number of morpholine rings is 1. The summed E-state index contributed by atoms with van der Waals surface area (Å²) in [7, 11) is 0. The monoisotopic (exact) mass is 483 g/mol. The van der Waals surface area contributed by atoms with E-state index in [2.05, 4.69) is 15.2 Å². The number of allylic oxidation sites excluding steroid dienone is 1. The first-order chi connectivity index (χ1) is 17.0. The molecule has 8 heteroatoms. The van der Waals surface area contributed by atoms with Gasteiger partial charge in [-0.25, -0.2) is 8.78 Å². The molecule has 0 saturated carbocycles. The van der Waals surface area contributed by atoms with Gasteiger partial charge in [-0.1, -0.05) is 18.2 Å². The summed E-state index contributed by atoms with van der Waals surface area (Å²) >= 11 is 0. The van der Waals surface area contributed by atoms with E-state index in [0.717, 1.165) is 44.8 Å². The third-order valence-corrected chi connectivity index (χ3v) is 6.08. The number of ether oxygens (including phenoxy) is 2. The zero-order chi connectivity index (χ0) is 24.5. The topological polar surface area (TPSA) is 63.2 Å². The van der Waals surface area contributed by atoms with E-state index >= 15 is 0 Å². The van der Waals surface area contributed by atoms with E-state index in [4.69, 9.17) is 9.47 Å². The summed E-state index contributed by atoms with van der Waals surface area (Å²) in [5, 5.41) is 2.82. The Morgan fingerprint density at radius 2 is 1.91 bits per heavy atom. The largest absolute Gasteiger partial charge is 0.493 e. The summed E-state index contributed by atoms with van der Waals surface area (Å²) in [5.41, 5.74) is 2.31. The Bertz CT molecular complexity index is 1050. The third-order valence-electron chi connectivity index (χ3n) is 6.08. The van der Waals surface area contributed by atoms with Crippen LogP contribution in [0.4, 0.5) is 8.78 Å². The first kappa shape index (κ1) is 25.0. The SMILES string of the molecule is O=C(CC1=CCC(c2ccc(F)cc2)C=N1)NCc1cc(F)cc(OCCCN2CCOCC2)c1. The van der Waals surface area contributed by atoms with Gasteiger partial charge in [-0.2, -0.15) is 0 Å². The number of benzene rings is 2. The molecule has 0 radical (unpaired) electrons. The molecule has 2 aromatic carbocycles. The van der Waals surface area contributed by atoms with Crippen molar-refractivity contribution in [3.8, 4) is 5.75 Å². The summed E-state index contributed by atoms with van der Waals surface area (Å²) in [6, 6.07) is 10.9. The lowest BCUT2D eigenvalue weighted by Gasteiger charge is -2.26. The Labute approximate surface area is 204 Å². The van der Waals surface area contributed by atoms with Crippen molar-refractivity contribution in [3.63, 3.8) is 0 Å². The lowest BCUT2D eigenvalue weighted by Crippen LogP contribution is -2.37. The summed E-state index contributed by atoms with van der Waals surface area (Å²) in [5.74, 6) is -0.322. The normalized spacial score (nSPS) is 18.2. The maximum absolute atomic E-state index is 14.1. The zero-order valence-electron chi connectivity index (χ0n) is 19.7. The molecule has 0 spiro atoms. The highest BCUT2D eigenvalue weighted by Gasteiger charge is 2.15. The van der Waals surface area contributed by atoms with Gasteiger partial charge >= 0.3 is 0 Å². The molecule has 2 heterocycles. The predicted octanol–water partition coefficient (Wildman–Crippen LogP) is 4.21. The van der Waals surface area contributed by atoms with E-state index in [0.29, 0.717) is 30.0 Å². The second-order valence-corrected chi connectivity index (χ2v) is 8.77. The van der Waals surface area contributed by atoms with Crippen molar-refractivity contribution in [2.24, 2.45) is 4.99 Å². The van der Waals surface area contributed by atoms with Gasteiger partial charge in [0.2, 0.25) is 5.91 Å². The number of nitrogens with one attached hydrogen (secondary N) is 1. The quantitative estimate of drug-likeness (QED) is 0.514. The Kier molecular flexibility index (Phi) is 8.97. The van der Waals surface area contributed by atoms with Crippen LogP contribution in [0.5, 0.6) is 5.75 Å². The summed E-state index contributed by atoms with van der Waals surface area (Å²) < 4.78 is 38.3. The summed E-state index contributed by atoms with van der Waals surface area (Å²) in [4.78, 5) is 19.1. The molecule has 1 unspecified atom stereocenters. The molecule has 1 N–H and O–H groups in total. The van der Waals surface area contributed by atoms with Crippen molar-refractivity contribution >= 4 is 12.1 Å². The van der Waals surface area contributed by atoms with Gasteiger partial charge in [-0.3, -0.25) is 14.7 Å². The summed E-state index contributed by atoms with van der Waals surface area (Å²) in [6.45, 7) is 5.01. The first-order valence-corrected chi connectivity index (χ1v) is 12.0. The minimum absolute atomic E-state index is 0.0713. The number of nitrogens with zero attached hydrogens (tertiary/aromatic N) is 2. The van der Waals surface area contributed by atoms with E-state index < -0.39 is 5.82 Å². The van der Waals surface area contributed by atoms with Crippen LogP contribution in [0.3, 0.4) is 0 Å². The molecule has 1 atom stereocenters. The predicted molar refractivity (Wildman–Crippen MR) is 131 cm³/mol. The molecule has 0 bridgehead atoms. The number of hydrogen-bond acceptors (Lipinski definition) is 5. The van der Waals surface area contributed by atoms with E-state index in [1.807, 2.05) is 6.08 Å². The van der Waals surface area contributed by atoms with Crippen molar-refractivity contribution in [3.05, 3.63) is 77.0 Å². The van der Waals surface area contributed by atoms with Crippen molar-refractivity contribution in [1.29, 1.82) is 0 Å². The Morgan fingerprint density at radius 1 is 1.11 bits per heavy atom. The third kappa shape index (κ3) is 7.97. The average Bonchev–Trinajstić information content (AvgIpc) is 2.87. The number of carbonyl (C=O) groups is 1. The van der Waals surface area contributed by atoms with Crippen molar-refractivity contribution < 1.29 is 23.0 Å². The van der Waals surface area contributed by atoms with Crippen LogP contribution >= 0.6 is 0 Å². The van der Waals surface area contributed by atoms with Gasteiger partial charge < -0.3 is 14.8 Å². The number of hydrogen-bond donors (Lipinski definition) is 1. The highest BCUT2D eigenvalue weighted by molar-refractivity contribution is 5.80. The molecule has 6 nitrogen and oxygen atoms in total. The van der Waals surface area contributed by atoms with Crippen molar-refractivity contribution in [1.82, 2.24) is 10.2 Å². The standard InChI is InChI=1S/C27H31F2N3O3/c28-23-5-2-21(3-6-23)22-4-7-25(30-19-22)17-27(33)31-18-20-14-24(29)16-26(15-20)35-11-1-8-32-9-12-34-13-10-32/h2-3,5-7,14-16,19,22H,1,4,8-13,17-18H2,(H,31,33).